The minimum atomic E-state index is -3.67. The summed E-state index contributed by atoms with van der Waals surface area (Å²) in [4.78, 5) is 0.156. The Morgan fingerprint density at radius 3 is 2.67 bits per heavy atom. The van der Waals surface area contributed by atoms with Crippen molar-refractivity contribution < 1.29 is 8.42 Å². The fraction of sp³-hybridized carbons (Fsp3) is 0.182. The normalized spacial score (nSPS) is 11.4. The number of hydrogen-bond acceptors (Lipinski definition) is 4. The number of aromatic amines is 1. The number of nitrogens with zero attached hydrogens (tertiary/aromatic N) is 1. The van der Waals surface area contributed by atoms with Gasteiger partial charge in [-0.25, -0.2) is 8.42 Å². The Morgan fingerprint density at radius 1 is 1.33 bits per heavy atom. The summed E-state index contributed by atoms with van der Waals surface area (Å²) in [6.07, 6.45) is 0. The first-order valence-electron chi connectivity index (χ1n) is 5.30. The van der Waals surface area contributed by atoms with Gasteiger partial charge in [-0.15, -0.1) is 0 Å². The monoisotopic (exact) mass is 266 g/mol. The number of anilines is 2. The molecule has 0 aliphatic carbocycles. The van der Waals surface area contributed by atoms with E-state index in [1.807, 2.05) is 0 Å². The number of rotatable bonds is 3. The second kappa shape index (κ2) is 4.34. The van der Waals surface area contributed by atoms with Gasteiger partial charge in [0.25, 0.3) is 10.0 Å². The van der Waals surface area contributed by atoms with E-state index in [2.05, 4.69) is 14.9 Å². The van der Waals surface area contributed by atoms with E-state index in [9.17, 15) is 8.42 Å². The van der Waals surface area contributed by atoms with Crippen LogP contribution in [0.3, 0.4) is 0 Å². The molecule has 0 saturated carbocycles. The van der Waals surface area contributed by atoms with Crippen molar-refractivity contribution >= 4 is 21.5 Å². The van der Waals surface area contributed by atoms with Crippen LogP contribution < -0.4 is 10.5 Å². The van der Waals surface area contributed by atoms with Crippen LogP contribution >= 0.6 is 0 Å². The average Bonchev–Trinajstić information content (AvgIpc) is 2.67. The lowest BCUT2D eigenvalue weighted by Gasteiger charge is -2.09. The molecule has 4 N–H and O–H groups in total. The van der Waals surface area contributed by atoms with Gasteiger partial charge in [0.05, 0.1) is 4.90 Å². The number of sulfonamides is 1. The van der Waals surface area contributed by atoms with Gasteiger partial charge in [-0.3, -0.25) is 9.82 Å². The Morgan fingerprint density at radius 2 is 2.06 bits per heavy atom. The molecule has 0 atom stereocenters. The predicted octanol–water partition coefficient (Wildman–Crippen LogP) is 1.41. The standard InChI is InChI=1S/C11H14N4O2S/c1-7-6-11(14-13-7)15-18(16,17)10-5-3-4-9(12)8(10)2/h3-6H,12H2,1-2H3,(H2,13,14,15). The molecular weight excluding hydrogens is 252 g/mol. The van der Waals surface area contributed by atoms with Crippen molar-refractivity contribution in [2.24, 2.45) is 0 Å². The van der Waals surface area contributed by atoms with Crippen LogP contribution in [0.5, 0.6) is 0 Å². The summed E-state index contributed by atoms with van der Waals surface area (Å²) in [6.45, 7) is 3.45. The van der Waals surface area contributed by atoms with Gasteiger partial charge in [0, 0.05) is 17.4 Å². The summed E-state index contributed by atoms with van der Waals surface area (Å²) in [7, 11) is -3.67. The molecule has 0 spiro atoms. The van der Waals surface area contributed by atoms with Crippen LogP contribution in [0.15, 0.2) is 29.2 Å². The van der Waals surface area contributed by atoms with Gasteiger partial charge in [-0.05, 0) is 31.5 Å². The van der Waals surface area contributed by atoms with Crippen LogP contribution in [-0.4, -0.2) is 18.6 Å². The van der Waals surface area contributed by atoms with Crippen molar-refractivity contribution in [1.29, 1.82) is 0 Å². The highest BCUT2D eigenvalue weighted by molar-refractivity contribution is 7.92. The first kappa shape index (κ1) is 12.4. The smallest absolute Gasteiger partial charge is 0.263 e. The van der Waals surface area contributed by atoms with Crippen molar-refractivity contribution in [2.75, 3.05) is 10.5 Å². The Hall–Kier alpha value is -2.02. The fourth-order valence-corrected chi connectivity index (χ4v) is 2.85. The van der Waals surface area contributed by atoms with Crippen LogP contribution in [0, 0.1) is 13.8 Å². The fourth-order valence-electron chi connectivity index (χ4n) is 1.59. The molecule has 0 amide bonds. The molecule has 0 aliphatic heterocycles. The van der Waals surface area contributed by atoms with Crippen LogP contribution in [0.4, 0.5) is 11.5 Å². The van der Waals surface area contributed by atoms with Crippen molar-refractivity contribution in [3.63, 3.8) is 0 Å². The van der Waals surface area contributed by atoms with Gasteiger partial charge < -0.3 is 5.73 Å². The number of nitrogens with two attached hydrogens (primary N) is 1. The zero-order chi connectivity index (χ0) is 13.3. The summed E-state index contributed by atoms with van der Waals surface area (Å²) in [6, 6.07) is 6.38. The average molecular weight is 266 g/mol. The van der Waals surface area contributed by atoms with Gasteiger partial charge in [-0.1, -0.05) is 6.07 Å². The first-order chi connectivity index (χ1) is 8.40. The van der Waals surface area contributed by atoms with E-state index >= 15 is 0 Å². The maximum absolute atomic E-state index is 12.2. The van der Waals surface area contributed by atoms with Gasteiger partial charge in [0.1, 0.15) is 0 Å². The Bertz CT molecular complexity index is 676. The molecule has 0 radical (unpaired) electrons. The number of aromatic nitrogens is 2. The molecule has 7 heteroatoms. The van der Waals surface area contributed by atoms with E-state index in [1.165, 1.54) is 6.07 Å². The molecule has 2 aromatic rings. The molecule has 1 aromatic carbocycles. The lowest BCUT2D eigenvalue weighted by Crippen LogP contribution is -2.15. The maximum atomic E-state index is 12.2. The highest BCUT2D eigenvalue weighted by atomic mass is 32.2. The Balaban J connectivity index is 2.40. The van der Waals surface area contributed by atoms with Crippen LogP contribution in [-0.2, 0) is 10.0 Å². The summed E-state index contributed by atoms with van der Waals surface area (Å²) < 4.78 is 26.7. The van der Waals surface area contributed by atoms with Crippen LogP contribution in [0.2, 0.25) is 0 Å². The molecule has 18 heavy (non-hydrogen) atoms. The Labute approximate surface area is 105 Å². The lowest BCUT2D eigenvalue weighted by molar-refractivity contribution is 0.600. The molecule has 0 unspecified atom stereocenters. The second-order valence-corrected chi connectivity index (χ2v) is 5.66. The van der Waals surface area contributed by atoms with E-state index in [0.717, 1.165) is 5.69 Å². The molecule has 0 saturated heterocycles. The maximum Gasteiger partial charge on any atom is 0.263 e. The van der Waals surface area contributed by atoms with Gasteiger partial charge >= 0.3 is 0 Å². The van der Waals surface area contributed by atoms with Gasteiger partial charge in [0.15, 0.2) is 5.82 Å². The number of nitrogens with one attached hydrogen (secondary N) is 2. The van der Waals surface area contributed by atoms with Gasteiger partial charge in [0.2, 0.25) is 0 Å². The zero-order valence-corrected chi connectivity index (χ0v) is 10.9. The Kier molecular flexibility index (Phi) is 3.00. The quantitative estimate of drug-likeness (QED) is 0.731. The van der Waals surface area contributed by atoms with E-state index < -0.39 is 10.0 Å². The summed E-state index contributed by atoms with van der Waals surface area (Å²) in [5.74, 6) is 0.259. The molecule has 1 heterocycles. The number of aryl methyl sites for hydroxylation is 1. The number of nitrogen functional groups attached to an aromatic ring is 1. The molecule has 0 bridgehead atoms. The topological polar surface area (TPSA) is 101 Å². The van der Waals surface area contributed by atoms with E-state index in [-0.39, 0.29) is 10.7 Å². The third-order valence-corrected chi connectivity index (χ3v) is 4.06. The summed E-state index contributed by atoms with van der Waals surface area (Å²) in [5.41, 5.74) is 7.44. The van der Waals surface area contributed by atoms with E-state index in [4.69, 9.17) is 5.73 Å². The van der Waals surface area contributed by atoms with Gasteiger partial charge in [-0.2, -0.15) is 5.10 Å². The second-order valence-electron chi connectivity index (χ2n) is 4.01. The number of hydrogen-bond donors (Lipinski definition) is 3. The van der Waals surface area contributed by atoms with Crippen molar-refractivity contribution in [1.82, 2.24) is 10.2 Å². The summed E-state index contributed by atoms with van der Waals surface area (Å²) in [5, 5.41) is 6.50. The number of H-pyrrole nitrogens is 1. The van der Waals surface area contributed by atoms with E-state index in [0.29, 0.717) is 11.3 Å². The van der Waals surface area contributed by atoms with Crippen molar-refractivity contribution in [3.05, 3.63) is 35.5 Å². The van der Waals surface area contributed by atoms with E-state index in [1.54, 1.807) is 32.0 Å². The van der Waals surface area contributed by atoms with Crippen LogP contribution in [0.25, 0.3) is 0 Å². The lowest BCUT2D eigenvalue weighted by atomic mass is 10.2. The summed E-state index contributed by atoms with van der Waals surface area (Å²) >= 11 is 0. The minimum Gasteiger partial charge on any atom is -0.398 e. The van der Waals surface area contributed by atoms with Crippen LogP contribution in [0.1, 0.15) is 11.3 Å². The SMILES string of the molecule is Cc1cc(NS(=O)(=O)c2cccc(N)c2C)n[nH]1. The van der Waals surface area contributed by atoms with Crippen molar-refractivity contribution in [2.45, 2.75) is 18.7 Å². The highest BCUT2D eigenvalue weighted by Crippen LogP contribution is 2.22. The molecule has 0 fully saturated rings. The third kappa shape index (κ3) is 2.30. The molecular formula is C11H14N4O2S. The highest BCUT2D eigenvalue weighted by Gasteiger charge is 2.18. The van der Waals surface area contributed by atoms with Crippen molar-refractivity contribution in [3.8, 4) is 0 Å². The predicted molar refractivity (Wildman–Crippen MR) is 69.7 cm³/mol. The number of benzene rings is 1. The zero-order valence-electron chi connectivity index (χ0n) is 10.1. The largest absolute Gasteiger partial charge is 0.398 e. The third-order valence-electron chi connectivity index (χ3n) is 2.56. The molecule has 2 rings (SSSR count). The minimum absolute atomic E-state index is 0.156. The molecule has 1 aromatic heterocycles. The first-order valence-corrected chi connectivity index (χ1v) is 6.78. The molecule has 96 valence electrons. The molecule has 6 nitrogen and oxygen atoms in total. The molecule has 0 aliphatic rings.